The van der Waals surface area contributed by atoms with E-state index in [-0.39, 0.29) is 12.4 Å². The lowest BCUT2D eigenvalue weighted by atomic mass is 10.0. The van der Waals surface area contributed by atoms with Crippen LogP contribution in [0.2, 0.25) is 5.02 Å². The number of benzene rings is 1. The molecule has 20 heavy (non-hydrogen) atoms. The quantitative estimate of drug-likeness (QED) is 0.897. The third-order valence-corrected chi connectivity index (χ3v) is 6.58. The van der Waals surface area contributed by atoms with E-state index in [4.69, 9.17) is 11.6 Å². The van der Waals surface area contributed by atoms with Gasteiger partial charge in [-0.1, -0.05) is 17.7 Å². The van der Waals surface area contributed by atoms with Gasteiger partial charge in [0.2, 0.25) is 10.0 Å². The summed E-state index contributed by atoms with van der Waals surface area (Å²) in [5, 5.41) is 3.82. The van der Waals surface area contributed by atoms with Gasteiger partial charge in [0.05, 0.1) is 4.90 Å². The van der Waals surface area contributed by atoms with Crippen LogP contribution in [0, 0.1) is 18.8 Å². The molecule has 1 aromatic carbocycles. The van der Waals surface area contributed by atoms with Crippen molar-refractivity contribution in [2.75, 3.05) is 26.2 Å². The van der Waals surface area contributed by atoms with Crippen LogP contribution in [0.1, 0.15) is 5.56 Å². The largest absolute Gasteiger partial charge is 0.316 e. The minimum absolute atomic E-state index is 0. The van der Waals surface area contributed by atoms with E-state index in [0.717, 1.165) is 13.1 Å². The van der Waals surface area contributed by atoms with Crippen molar-refractivity contribution < 1.29 is 8.42 Å². The summed E-state index contributed by atoms with van der Waals surface area (Å²) in [5.74, 6) is 0.906. The molecule has 0 aliphatic carbocycles. The first kappa shape index (κ1) is 16.0. The Balaban J connectivity index is 0.00000147. The summed E-state index contributed by atoms with van der Waals surface area (Å²) >= 11 is 6.03. The second-order valence-corrected chi connectivity index (χ2v) is 7.68. The van der Waals surface area contributed by atoms with E-state index < -0.39 is 10.0 Å². The van der Waals surface area contributed by atoms with E-state index in [1.165, 1.54) is 0 Å². The van der Waals surface area contributed by atoms with Gasteiger partial charge in [-0.3, -0.25) is 0 Å². The van der Waals surface area contributed by atoms with Crippen molar-refractivity contribution in [2.45, 2.75) is 11.8 Å². The molecule has 0 unspecified atom stereocenters. The van der Waals surface area contributed by atoms with E-state index in [1.807, 2.05) is 0 Å². The Labute approximate surface area is 131 Å². The zero-order chi connectivity index (χ0) is 13.6. The zero-order valence-corrected chi connectivity index (χ0v) is 13.6. The molecule has 7 heteroatoms. The lowest BCUT2D eigenvalue weighted by Gasteiger charge is -2.19. The predicted octanol–water partition coefficient (Wildman–Crippen LogP) is 1.91. The molecular weight excluding hydrogens is 319 g/mol. The summed E-state index contributed by atoms with van der Waals surface area (Å²) in [4.78, 5) is 0.341. The Bertz CT molecular complexity index is 594. The van der Waals surface area contributed by atoms with Crippen LogP contribution in [0.15, 0.2) is 23.1 Å². The number of hydrogen-bond donors (Lipinski definition) is 1. The van der Waals surface area contributed by atoms with E-state index in [2.05, 4.69) is 5.32 Å². The Kier molecular flexibility index (Phi) is 4.66. The second kappa shape index (κ2) is 5.81. The normalized spacial score (nSPS) is 26.3. The smallest absolute Gasteiger partial charge is 0.243 e. The molecule has 4 nitrogen and oxygen atoms in total. The number of halogens is 2. The van der Waals surface area contributed by atoms with Crippen molar-refractivity contribution in [3.05, 3.63) is 28.8 Å². The molecule has 1 aromatic rings. The molecule has 2 atom stereocenters. The lowest BCUT2D eigenvalue weighted by Crippen LogP contribution is -2.32. The minimum atomic E-state index is -3.41. The Morgan fingerprint density at radius 3 is 2.45 bits per heavy atom. The van der Waals surface area contributed by atoms with Gasteiger partial charge in [0.15, 0.2) is 0 Å². The molecule has 0 amide bonds. The van der Waals surface area contributed by atoms with Crippen molar-refractivity contribution in [1.29, 1.82) is 0 Å². The van der Waals surface area contributed by atoms with Crippen molar-refractivity contribution in [3.63, 3.8) is 0 Å². The van der Waals surface area contributed by atoms with Crippen LogP contribution < -0.4 is 5.32 Å². The van der Waals surface area contributed by atoms with Crippen LogP contribution >= 0.6 is 24.0 Å². The molecule has 2 saturated heterocycles. The Morgan fingerprint density at radius 1 is 1.25 bits per heavy atom. The zero-order valence-electron chi connectivity index (χ0n) is 11.2. The molecule has 3 rings (SSSR count). The molecule has 2 heterocycles. The number of sulfonamides is 1. The van der Waals surface area contributed by atoms with Crippen molar-refractivity contribution in [2.24, 2.45) is 11.8 Å². The summed E-state index contributed by atoms with van der Waals surface area (Å²) < 4.78 is 27.0. The van der Waals surface area contributed by atoms with Crippen LogP contribution in [0.5, 0.6) is 0 Å². The maximum absolute atomic E-state index is 12.7. The average molecular weight is 337 g/mol. The highest BCUT2D eigenvalue weighted by atomic mass is 35.5. The van der Waals surface area contributed by atoms with Crippen LogP contribution in [-0.2, 0) is 10.0 Å². The molecule has 0 spiro atoms. The van der Waals surface area contributed by atoms with Crippen molar-refractivity contribution in [1.82, 2.24) is 9.62 Å². The lowest BCUT2D eigenvalue weighted by molar-refractivity contribution is 0.447. The molecular formula is C13H18Cl2N2O2S. The van der Waals surface area contributed by atoms with Crippen LogP contribution in [0.3, 0.4) is 0 Å². The van der Waals surface area contributed by atoms with Gasteiger partial charge in [-0.05, 0) is 49.5 Å². The van der Waals surface area contributed by atoms with E-state index >= 15 is 0 Å². The van der Waals surface area contributed by atoms with Crippen LogP contribution in [-0.4, -0.2) is 38.9 Å². The third-order valence-electron chi connectivity index (χ3n) is 4.19. The van der Waals surface area contributed by atoms with Crippen LogP contribution in [0.25, 0.3) is 0 Å². The fourth-order valence-electron chi connectivity index (χ4n) is 3.01. The Hall–Kier alpha value is -0.330. The fourth-order valence-corrected chi connectivity index (χ4v) is 5.05. The number of nitrogens with one attached hydrogen (secondary N) is 1. The molecule has 0 saturated carbocycles. The molecule has 0 aromatic heterocycles. The standard InChI is InChI=1S/C13H17ClN2O2S.ClH/c1-9-12(14)3-2-4-13(9)19(17,18)16-7-10-5-15-6-11(10)8-16;/h2-4,10-11,15H,5-8H2,1H3;1H/t10-,11+;. The predicted molar refractivity (Wildman–Crippen MR) is 82.0 cm³/mol. The topological polar surface area (TPSA) is 49.4 Å². The van der Waals surface area contributed by atoms with Gasteiger partial charge in [-0.2, -0.15) is 4.31 Å². The molecule has 0 bridgehead atoms. The second-order valence-electron chi connectivity index (χ2n) is 5.36. The van der Waals surface area contributed by atoms with Gasteiger partial charge in [-0.15, -0.1) is 12.4 Å². The summed E-state index contributed by atoms with van der Waals surface area (Å²) in [6.07, 6.45) is 0. The number of hydrogen-bond acceptors (Lipinski definition) is 3. The van der Waals surface area contributed by atoms with Crippen molar-refractivity contribution >= 4 is 34.0 Å². The monoisotopic (exact) mass is 336 g/mol. The van der Waals surface area contributed by atoms with Gasteiger partial charge in [0, 0.05) is 18.1 Å². The number of rotatable bonds is 2. The van der Waals surface area contributed by atoms with Crippen molar-refractivity contribution in [3.8, 4) is 0 Å². The van der Waals surface area contributed by atoms with E-state index in [9.17, 15) is 8.42 Å². The fraction of sp³-hybridized carbons (Fsp3) is 0.538. The summed E-state index contributed by atoms with van der Waals surface area (Å²) in [6, 6.07) is 5.06. The van der Waals surface area contributed by atoms with Gasteiger partial charge in [0.25, 0.3) is 0 Å². The maximum Gasteiger partial charge on any atom is 0.243 e. The first-order chi connectivity index (χ1) is 9.00. The number of fused-ring (bicyclic) bond motifs is 1. The highest BCUT2D eigenvalue weighted by Crippen LogP contribution is 2.32. The highest BCUT2D eigenvalue weighted by molar-refractivity contribution is 7.89. The van der Waals surface area contributed by atoms with E-state index in [1.54, 1.807) is 29.4 Å². The SMILES string of the molecule is Cc1c(Cl)cccc1S(=O)(=O)N1C[C@H]2CNC[C@H]2C1.Cl. The molecule has 2 aliphatic heterocycles. The molecule has 2 aliphatic rings. The first-order valence-electron chi connectivity index (χ1n) is 6.46. The van der Waals surface area contributed by atoms with Gasteiger partial charge >= 0.3 is 0 Å². The average Bonchev–Trinajstić information content (AvgIpc) is 2.92. The molecule has 2 fully saturated rings. The molecule has 112 valence electrons. The minimum Gasteiger partial charge on any atom is -0.316 e. The Morgan fingerprint density at radius 2 is 1.85 bits per heavy atom. The summed E-state index contributed by atoms with van der Waals surface area (Å²) in [7, 11) is -3.41. The molecule has 1 N–H and O–H groups in total. The van der Waals surface area contributed by atoms with Crippen LogP contribution in [0.4, 0.5) is 0 Å². The first-order valence-corrected chi connectivity index (χ1v) is 8.28. The van der Waals surface area contributed by atoms with Gasteiger partial charge < -0.3 is 5.32 Å². The molecule has 0 radical (unpaired) electrons. The third kappa shape index (κ3) is 2.57. The van der Waals surface area contributed by atoms with Gasteiger partial charge in [0.1, 0.15) is 0 Å². The number of nitrogens with zero attached hydrogens (tertiary/aromatic N) is 1. The highest BCUT2D eigenvalue weighted by Gasteiger charge is 2.41. The van der Waals surface area contributed by atoms with E-state index in [0.29, 0.717) is 40.4 Å². The van der Waals surface area contributed by atoms with Gasteiger partial charge in [-0.25, -0.2) is 8.42 Å². The summed E-state index contributed by atoms with van der Waals surface area (Å²) in [6.45, 7) is 4.84. The maximum atomic E-state index is 12.7. The summed E-state index contributed by atoms with van der Waals surface area (Å²) in [5.41, 5.74) is 0.638.